The molecule has 1 aromatic carbocycles. The number of hydrogen-bond acceptors (Lipinski definition) is 5. The Labute approximate surface area is 130 Å². The number of nitrogens with zero attached hydrogens (tertiary/aromatic N) is 1. The van der Waals surface area contributed by atoms with E-state index in [1.165, 1.54) is 0 Å². The van der Waals surface area contributed by atoms with Crippen LogP contribution in [0.15, 0.2) is 18.2 Å². The maximum Gasteiger partial charge on any atom is 0.312 e. The third-order valence-corrected chi connectivity index (χ3v) is 4.00. The minimum absolute atomic E-state index is 0.0489. The highest BCUT2D eigenvalue weighted by atomic mass is 16.5. The van der Waals surface area contributed by atoms with Crippen LogP contribution in [0.25, 0.3) is 0 Å². The van der Waals surface area contributed by atoms with Gasteiger partial charge in [-0.15, -0.1) is 0 Å². The summed E-state index contributed by atoms with van der Waals surface area (Å²) in [7, 11) is 3.64. The number of hydrogen-bond donors (Lipinski definition) is 2. The fourth-order valence-corrected chi connectivity index (χ4v) is 2.78. The zero-order valence-corrected chi connectivity index (χ0v) is 13.1. The quantitative estimate of drug-likeness (QED) is 0.824. The second kappa shape index (κ2) is 7.47. The maximum atomic E-state index is 11.3. The molecule has 1 fully saturated rings. The summed E-state index contributed by atoms with van der Waals surface area (Å²) in [5.74, 6) is -0.476. The number of benzene rings is 1. The molecule has 1 aromatic rings. The summed E-state index contributed by atoms with van der Waals surface area (Å²) in [6.07, 6.45) is 2.16. The molecule has 2 rings (SSSR count). The van der Waals surface area contributed by atoms with Crippen molar-refractivity contribution in [3.8, 4) is 11.5 Å². The zero-order valence-electron chi connectivity index (χ0n) is 13.1. The van der Waals surface area contributed by atoms with Crippen LogP contribution in [0, 0.1) is 0 Å². The van der Waals surface area contributed by atoms with Crippen LogP contribution in [0.1, 0.15) is 24.3 Å². The average Bonchev–Trinajstić information content (AvgIpc) is 2.48. The summed E-state index contributed by atoms with van der Waals surface area (Å²) in [4.78, 5) is 13.5. The summed E-state index contributed by atoms with van der Waals surface area (Å²) >= 11 is 0. The van der Waals surface area contributed by atoms with Gasteiger partial charge < -0.3 is 25.2 Å². The Hall–Kier alpha value is -1.79. The Kier molecular flexibility index (Phi) is 5.63. The number of likely N-dealkylation sites (N-methyl/N-ethyl adjacent to an activating group) is 1. The number of nitrogens with two attached hydrogens (primary N) is 1. The lowest BCUT2D eigenvalue weighted by Crippen LogP contribution is -2.38. The van der Waals surface area contributed by atoms with Gasteiger partial charge in [0.15, 0.2) is 11.5 Å². The van der Waals surface area contributed by atoms with Crippen LogP contribution in [0.4, 0.5) is 0 Å². The van der Waals surface area contributed by atoms with Gasteiger partial charge in [-0.1, -0.05) is 6.07 Å². The van der Waals surface area contributed by atoms with Gasteiger partial charge in [0.05, 0.1) is 13.0 Å². The van der Waals surface area contributed by atoms with Gasteiger partial charge in [0.1, 0.15) is 6.10 Å². The van der Waals surface area contributed by atoms with Gasteiger partial charge in [0.2, 0.25) is 0 Å². The number of aliphatic carboxylic acids is 1. The van der Waals surface area contributed by atoms with Crippen LogP contribution >= 0.6 is 0 Å². The molecule has 1 saturated heterocycles. The minimum atomic E-state index is -0.934. The van der Waals surface area contributed by atoms with Crippen molar-refractivity contribution in [2.45, 2.75) is 24.9 Å². The number of rotatable bonds is 6. The predicted molar refractivity (Wildman–Crippen MR) is 83.6 cm³/mol. The van der Waals surface area contributed by atoms with E-state index < -0.39 is 11.9 Å². The monoisotopic (exact) mass is 308 g/mol. The molecule has 1 heterocycles. The molecule has 2 unspecified atom stereocenters. The highest BCUT2D eigenvalue weighted by Crippen LogP contribution is 2.32. The van der Waals surface area contributed by atoms with Gasteiger partial charge in [-0.25, -0.2) is 0 Å². The highest BCUT2D eigenvalue weighted by molar-refractivity contribution is 5.76. The summed E-state index contributed by atoms with van der Waals surface area (Å²) in [6, 6.07) is 5.20. The molecule has 122 valence electrons. The second-order valence-electron chi connectivity index (χ2n) is 5.68. The van der Waals surface area contributed by atoms with Crippen molar-refractivity contribution < 1.29 is 19.4 Å². The van der Waals surface area contributed by atoms with Crippen LogP contribution in [0.5, 0.6) is 11.5 Å². The highest BCUT2D eigenvalue weighted by Gasteiger charge is 2.23. The van der Waals surface area contributed by atoms with E-state index in [1.807, 2.05) is 0 Å². The van der Waals surface area contributed by atoms with Crippen LogP contribution in [-0.2, 0) is 4.79 Å². The Balaban J connectivity index is 2.22. The van der Waals surface area contributed by atoms with Gasteiger partial charge in [-0.05, 0) is 44.1 Å². The number of likely N-dealkylation sites (tertiary alicyclic amines) is 1. The first-order valence-corrected chi connectivity index (χ1v) is 7.51. The van der Waals surface area contributed by atoms with Gasteiger partial charge >= 0.3 is 5.97 Å². The molecule has 0 aromatic heterocycles. The normalized spacial score (nSPS) is 20.4. The summed E-state index contributed by atoms with van der Waals surface area (Å²) in [6.45, 7) is 1.98. The van der Waals surface area contributed by atoms with E-state index in [1.54, 1.807) is 25.3 Å². The molecule has 0 spiro atoms. The largest absolute Gasteiger partial charge is 0.493 e. The molecule has 0 saturated carbocycles. The molecular weight excluding hydrogens is 284 g/mol. The van der Waals surface area contributed by atoms with E-state index in [4.69, 9.17) is 15.2 Å². The summed E-state index contributed by atoms with van der Waals surface area (Å²) in [5, 5.41) is 9.24. The lowest BCUT2D eigenvalue weighted by molar-refractivity contribution is -0.138. The Morgan fingerprint density at radius 2 is 2.27 bits per heavy atom. The van der Waals surface area contributed by atoms with Crippen LogP contribution in [0.3, 0.4) is 0 Å². The van der Waals surface area contributed by atoms with Crippen molar-refractivity contribution in [1.82, 2.24) is 4.90 Å². The molecular formula is C16H24N2O4. The Bertz CT molecular complexity index is 521. The predicted octanol–water partition coefficient (Wildman–Crippen LogP) is 1.30. The molecule has 0 amide bonds. The molecule has 3 N–H and O–H groups in total. The van der Waals surface area contributed by atoms with Crippen molar-refractivity contribution in [2.24, 2.45) is 5.73 Å². The van der Waals surface area contributed by atoms with Crippen molar-refractivity contribution in [2.75, 3.05) is 33.8 Å². The fourth-order valence-electron chi connectivity index (χ4n) is 2.78. The lowest BCUT2D eigenvalue weighted by Gasteiger charge is -2.30. The molecule has 22 heavy (non-hydrogen) atoms. The number of piperidine rings is 1. The van der Waals surface area contributed by atoms with E-state index in [2.05, 4.69) is 11.9 Å². The van der Waals surface area contributed by atoms with Crippen molar-refractivity contribution in [3.63, 3.8) is 0 Å². The van der Waals surface area contributed by atoms with E-state index in [0.29, 0.717) is 17.1 Å². The minimum Gasteiger partial charge on any atom is -0.493 e. The molecule has 0 bridgehead atoms. The Morgan fingerprint density at radius 3 is 2.86 bits per heavy atom. The van der Waals surface area contributed by atoms with Gasteiger partial charge in [-0.2, -0.15) is 0 Å². The number of carbonyl (C=O) groups is 1. The van der Waals surface area contributed by atoms with E-state index >= 15 is 0 Å². The second-order valence-corrected chi connectivity index (χ2v) is 5.68. The van der Waals surface area contributed by atoms with E-state index in [0.717, 1.165) is 25.9 Å². The number of methoxy groups -OCH3 is 1. The summed E-state index contributed by atoms with van der Waals surface area (Å²) in [5.41, 5.74) is 6.20. The topological polar surface area (TPSA) is 85.0 Å². The van der Waals surface area contributed by atoms with Crippen molar-refractivity contribution in [3.05, 3.63) is 23.8 Å². The van der Waals surface area contributed by atoms with Crippen LogP contribution < -0.4 is 15.2 Å². The van der Waals surface area contributed by atoms with Crippen LogP contribution in [-0.4, -0.2) is 55.9 Å². The van der Waals surface area contributed by atoms with Gasteiger partial charge in [0, 0.05) is 13.1 Å². The number of carboxylic acids is 1. The van der Waals surface area contributed by atoms with Gasteiger partial charge in [-0.3, -0.25) is 4.79 Å². The number of carboxylic acid groups (broad SMARTS) is 1. The first-order valence-electron chi connectivity index (χ1n) is 7.51. The third-order valence-electron chi connectivity index (χ3n) is 4.00. The molecule has 1 aliphatic rings. The molecule has 1 aliphatic heterocycles. The molecule has 0 radical (unpaired) electrons. The third kappa shape index (κ3) is 3.90. The molecule has 6 heteroatoms. The van der Waals surface area contributed by atoms with E-state index in [-0.39, 0.29) is 12.6 Å². The Morgan fingerprint density at radius 1 is 1.50 bits per heavy atom. The maximum absolute atomic E-state index is 11.3. The van der Waals surface area contributed by atoms with Crippen molar-refractivity contribution in [1.29, 1.82) is 0 Å². The van der Waals surface area contributed by atoms with Gasteiger partial charge in [0.25, 0.3) is 0 Å². The van der Waals surface area contributed by atoms with Crippen LogP contribution in [0.2, 0.25) is 0 Å². The molecule has 0 aliphatic carbocycles. The fraction of sp³-hybridized carbons (Fsp3) is 0.562. The smallest absolute Gasteiger partial charge is 0.312 e. The molecule has 6 nitrogen and oxygen atoms in total. The molecule has 2 atom stereocenters. The lowest BCUT2D eigenvalue weighted by atomic mass is 9.99. The summed E-state index contributed by atoms with van der Waals surface area (Å²) < 4.78 is 11.4. The van der Waals surface area contributed by atoms with Crippen molar-refractivity contribution >= 4 is 5.97 Å². The first-order chi connectivity index (χ1) is 10.5. The SMILES string of the molecule is COc1ccc(C(CN)C(=O)O)cc1OC1CCCN(C)C1. The number of ether oxygens (including phenoxy) is 2. The zero-order chi connectivity index (χ0) is 16.1. The first kappa shape index (κ1) is 16.6. The standard InChI is InChI=1S/C16H24N2O4/c1-18-7-3-4-12(10-18)22-15-8-11(5-6-14(15)21-2)13(9-17)16(19)20/h5-6,8,12-13H,3-4,7,9-10,17H2,1-2H3,(H,19,20). The average molecular weight is 308 g/mol. The van der Waals surface area contributed by atoms with E-state index in [9.17, 15) is 9.90 Å².